The third kappa shape index (κ3) is 6.52. The van der Waals surface area contributed by atoms with Crippen molar-refractivity contribution in [3.63, 3.8) is 0 Å². The fourth-order valence-corrected chi connectivity index (χ4v) is 1.25. The zero-order chi connectivity index (χ0) is 13.6. The molecule has 98 valence electrons. The van der Waals surface area contributed by atoms with Crippen LogP contribution in [0.15, 0.2) is 0 Å². The number of rotatable bonds is 7. The molecule has 0 aromatic heterocycles. The van der Waals surface area contributed by atoms with Gasteiger partial charge < -0.3 is 21.3 Å². The average molecular weight is 246 g/mol. The molecule has 5 N–H and O–H groups in total. The molecular formula is C10H18N2O5. The summed E-state index contributed by atoms with van der Waals surface area (Å²) in [7, 11) is 0. The number of hydrogen-bond acceptors (Lipinski definition) is 4. The molecule has 0 bridgehead atoms. The number of carboxylic acid groups (broad SMARTS) is 2. The topological polar surface area (TPSA) is 130 Å². The summed E-state index contributed by atoms with van der Waals surface area (Å²) in [6, 6.07) is -2.27. The van der Waals surface area contributed by atoms with Crippen LogP contribution in [0.2, 0.25) is 0 Å². The SMILES string of the molecule is CC(C)C[C@@H](NC(=O)[C@@H](N)CC(=O)O)C(=O)O. The van der Waals surface area contributed by atoms with Gasteiger partial charge >= 0.3 is 11.9 Å². The van der Waals surface area contributed by atoms with Gasteiger partial charge in [-0.2, -0.15) is 0 Å². The van der Waals surface area contributed by atoms with E-state index in [-0.39, 0.29) is 12.3 Å². The number of aliphatic carboxylic acids is 2. The van der Waals surface area contributed by atoms with E-state index >= 15 is 0 Å². The first-order valence-electron chi connectivity index (χ1n) is 5.24. The Labute approximate surface area is 99.0 Å². The fourth-order valence-electron chi connectivity index (χ4n) is 1.25. The van der Waals surface area contributed by atoms with Gasteiger partial charge in [-0.3, -0.25) is 9.59 Å². The predicted molar refractivity (Wildman–Crippen MR) is 59.2 cm³/mol. The van der Waals surface area contributed by atoms with Crippen molar-refractivity contribution in [2.75, 3.05) is 0 Å². The van der Waals surface area contributed by atoms with E-state index in [4.69, 9.17) is 15.9 Å². The highest BCUT2D eigenvalue weighted by Crippen LogP contribution is 2.05. The normalized spacial score (nSPS) is 14.1. The Morgan fingerprint density at radius 2 is 1.76 bits per heavy atom. The van der Waals surface area contributed by atoms with Gasteiger partial charge in [-0.15, -0.1) is 0 Å². The van der Waals surface area contributed by atoms with Crippen molar-refractivity contribution >= 4 is 17.8 Å². The van der Waals surface area contributed by atoms with Gasteiger partial charge in [0.25, 0.3) is 0 Å². The highest BCUT2D eigenvalue weighted by molar-refractivity contribution is 5.89. The third-order valence-electron chi connectivity index (χ3n) is 2.05. The number of amides is 1. The van der Waals surface area contributed by atoms with Crippen LogP contribution < -0.4 is 11.1 Å². The summed E-state index contributed by atoms with van der Waals surface area (Å²) in [5.41, 5.74) is 5.31. The summed E-state index contributed by atoms with van der Waals surface area (Å²) < 4.78 is 0. The van der Waals surface area contributed by atoms with E-state index in [1.54, 1.807) is 0 Å². The molecule has 2 atom stereocenters. The van der Waals surface area contributed by atoms with Gasteiger partial charge in [0.15, 0.2) is 0 Å². The molecule has 0 saturated heterocycles. The second-order valence-corrected chi connectivity index (χ2v) is 4.23. The maximum atomic E-state index is 11.4. The predicted octanol–water partition coefficient (Wildman–Crippen LogP) is -0.596. The van der Waals surface area contributed by atoms with Gasteiger partial charge in [-0.05, 0) is 12.3 Å². The van der Waals surface area contributed by atoms with E-state index in [0.717, 1.165) is 0 Å². The molecule has 0 fully saturated rings. The fraction of sp³-hybridized carbons (Fsp3) is 0.700. The lowest BCUT2D eigenvalue weighted by atomic mass is 10.0. The molecule has 7 nitrogen and oxygen atoms in total. The molecule has 0 saturated carbocycles. The molecule has 7 heteroatoms. The lowest BCUT2D eigenvalue weighted by Crippen LogP contribution is -2.49. The molecule has 0 heterocycles. The Balaban J connectivity index is 4.39. The zero-order valence-electron chi connectivity index (χ0n) is 9.84. The van der Waals surface area contributed by atoms with Gasteiger partial charge in [0.1, 0.15) is 6.04 Å². The van der Waals surface area contributed by atoms with Crippen molar-refractivity contribution in [3.8, 4) is 0 Å². The quantitative estimate of drug-likeness (QED) is 0.474. The number of nitrogens with two attached hydrogens (primary N) is 1. The number of carbonyl (C=O) groups excluding carboxylic acids is 1. The van der Waals surface area contributed by atoms with Crippen molar-refractivity contribution in [2.45, 2.75) is 38.8 Å². The van der Waals surface area contributed by atoms with Crippen LogP contribution in [-0.4, -0.2) is 40.1 Å². The standard InChI is InChI=1S/C10H18N2O5/c1-5(2)3-7(10(16)17)12-9(15)6(11)4-8(13)14/h5-7H,3-4,11H2,1-2H3,(H,12,15)(H,13,14)(H,16,17)/t6-,7+/m0/s1. The Hall–Kier alpha value is -1.63. The molecule has 0 unspecified atom stereocenters. The van der Waals surface area contributed by atoms with E-state index < -0.39 is 36.4 Å². The Morgan fingerprint density at radius 1 is 1.24 bits per heavy atom. The van der Waals surface area contributed by atoms with E-state index in [0.29, 0.717) is 0 Å². The van der Waals surface area contributed by atoms with Crippen LogP contribution in [0.1, 0.15) is 26.7 Å². The minimum absolute atomic E-state index is 0.0899. The summed E-state index contributed by atoms with van der Waals surface area (Å²) in [4.78, 5) is 32.6. The van der Waals surface area contributed by atoms with E-state index in [2.05, 4.69) is 5.32 Å². The first kappa shape index (κ1) is 15.4. The van der Waals surface area contributed by atoms with Crippen LogP contribution in [0, 0.1) is 5.92 Å². The maximum Gasteiger partial charge on any atom is 0.326 e. The van der Waals surface area contributed by atoms with E-state index in [1.165, 1.54) is 0 Å². The van der Waals surface area contributed by atoms with Gasteiger partial charge in [0, 0.05) is 0 Å². The van der Waals surface area contributed by atoms with Crippen molar-refractivity contribution in [1.29, 1.82) is 0 Å². The number of hydrogen-bond donors (Lipinski definition) is 4. The highest BCUT2D eigenvalue weighted by Gasteiger charge is 2.25. The lowest BCUT2D eigenvalue weighted by Gasteiger charge is -2.18. The smallest absolute Gasteiger partial charge is 0.326 e. The summed E-state index contributed by atoms with van der Waals surface area (Å²) in [6.45, 7) is 3.64. The molecule has 0 rings (SSSR count). The third-order valence-corrected chi connectivity index (χ3v) is 2.05. The molecular weight excluding hydrogens is 228 g/mol. The average Bonchev–Trinajstić information content (AvgIpc) is 2.14. The van der Waals surface area contributed by atoms with Gasteiger partial charge in [-0.1, -0.05) is 13.8 Å². The molecule has 17 heavy (non-hydrogen) atoms. The zero-order valence-corrected chi connectivity index (χ0v) is 9.84. The molecule has 0 radical (unpaired) electrons. The number of carbonyl (C=O) groups is 3. The molecule has 0 aromatic carbocycles. The summed E-state index contributed by atoms with van der Waals surface area (Å²) in [6.07, 6.45) is -0.263. The van der Waals surface area contributed by atoms with Crippen LogP contribution in [0.25, 0.3) is 0 Å². The number of nitrogens with one attached hydrogen (secondary N) is 1. The minimum Gasteiger partial charge on any atom is -0.481 e. The largest absolute Gasteiger partial charge is 0.481 e. The van der Waals surface area contributed by atoms with Crippen molar-refractivity contribution < 1.29 is 24.6 Å². The molecule has 0 aliphatic heterocycles. The Bertz CT molecular complexity index is 303. The molecule has 1 amide bonds. The summed E-state index contributed by atoms with van der Waals surface area (Å²) >= 11 is 0. The Kier molecular flexibility index (Phi) is 6.19. The van der Waals surface area contributed by atoms with Crippen LogP contribution in [0.5, 0.6) is 0 Å². The van der Waals surface area contributed by atoms with Crippen LogP contribution in [-0.2, 0) is 14.4 Å². The first-order valence-corrected chi connectivity index (χ1v) is 5.24. The Morgan fingerprint density at radius 3 is 2.12 bits per heavy atom. The van der Waals surface area contributed by atoms with Crippen molar-refractivity contribution in [2.24, 2.45) is 11.7 Å². The molecule has 0 spiro atoms. The van der Waals surface area contributed by atoms with Crippen LogP contribution >= 0.6 is 0 Å². The minimum atomic E-state index is -1.23. The number of carboxylic acids is 2. The van der Waals surface area contributed by atoms with Crippen molar-refractivity contribution in [3.05, 3.63) is 0 Å². The highest BCUT2D eigenvalue weighted by atomic mass is 16.4. The summed E-state index contributed by atoms with van der Waals surface area (Å²) in [5.74, 6) is -3.04. The van der Waals surface area contributed by atoms with Gasteiger partial charge in [0.2, 0.25) is 5.91 Å². The van der Waals surface area contributed by atoms with Gasteiger partial charge in [-0.25, -0.2) is 4.79 Å². The van der Waals surface area contributed by atoms with E-state index in [9.17, 15) is 14.4 Å². The maximum absolute atomic E-state index is 11.4. The second kappa shape index (κ2) is 6.85. The molecule has 0 aliphatic carbocycles. The van der Waals surface area contributed by atoms with Gasteiger partial charge in [0.05, 0.1) is 12.5 Å². The molecule has 0 aliphatic rings. The van der Waals surface area contributed by atoms with E-state index in [1.807, 2.05) is 13.8 Å². The lowest BCUT2D eigenvalue weighted by molar-refractivity contribution is -0.143. The second-order valence-electron chi connectivity index (χ2n) is 4.23. The molecule has 0 aromatic rings. The monoisotopic (exact) mass is 246 g/mol. The summed E-state index contributed by atoms with van der Waals surface area (Å²) in [5, 5.41) is 19.5. The first-order chi connectivity index (χ1) is 7.73. The van der Waals surface area contributed by atoms with Crippen LogP contribution in [0.4, 0.5) is 0 Å². The van der Waals surface area contributed by atoms with Crippen molar-refractivity contribution in [1.82, 2.24) is 5.32 Å². The van der Waals surface area contributed by atoms with Crippen LogP contribution in [0.3, 0.4) is 0 Å².